The summed E-state index contributed by atoms with van der Waals surface area (Å²) in [7, 11) is 0. The summed E-state index contributed by atoms with van der Waals surface area (Å²) in [6, 6.07) is 0.0575. The molecule has 0 radical (unpaired) electrons. The first-order chi connectivity index (χ1) is 15.0. The molecule has 2 unspecified atom stereocenters. The minimum absolute atomic E-state index is 0.0575. The summed E-state index contributed by atoms with van der Waals surface area (Å²) in [5.41, 5.74) is -1.28. The number of carboxylic acid groups (broad SMARTS) is 1. The Morgan fingerprint density at radius 1 is 1.31 bits per heavy atom. The number of carbonyl (C=O) groups excluding carboxylic acids is 1. The third kappa shape index (κ3) is 4.42. The van der Waals surface area contributed by atoms with E-state index >= 15 is 0 Å². The number of ether oxygens (including phenoxy) is 1. The fourth-order valence-corrected chi connectivity index (χ4v) is 5.78. The number of aliphatic carboxylic acids is 1. The van der Waals surface area contributed by atoms with Gasteiger partial charge in [0.05, 0.1) is 23.8 Å². The molecule has 4 saturated carbocycles. The predicted molar refractivity (Wildman–Crippen MR) is 119 cm³/mol. The van der Waals surface area contributed by atoms with Crippen LogP contribution >= 0.6 is 0 Å². The number of aromatic nitrogens is 2. The van der Waals surface area contributed by atoms with E-state index in [1.165, 1.54) is 17.0 Å². The molecule has 8 heteroatoms. The van der Waals surface area contributed by atoms with Crippen molar-refractivity contribution in [2.75, 3.05) is 6.61 Å². The quantitative estimate of drug-likeness (QED) is 0.566. The zero-order valence-corrected chi connectivity index (χ0v) is 19.4. The number of nitrogens with one attached hydrogen (secondary N) is 1. The molecule has 4 aliphatic rings. The molecular formula is C24H35N3O5. The Hall–Kier alpha value is -2.35. The molecule has 0 aliphatic heterocycles. The van der Waals surface area contributed by atoms with Crippen molar-refractivity contribution in [1.82, 2.24) is 15.1 Å². The van der Waals surface area contributed by atoms with Crippen LogP contribution < -0.4 is 10.1 Å². The van der Waals surface area contributed by atoms with Gasteiger partial charge in [-0.15, -0.1) is 0 Å². The Bertz CT molecular complexity index is 903. The maximum Gasteiger partial charge on any atom is 0.312 e. The Labute approximate surface area is 189 Å². The molecule has 4 aliphatic carbocycles. The highest BCUT2D eigenvalue weighted by Gasteiger charge is 2.55. The second-order valence-corrected chi connectivity index (χ2v) is 11.0. The number of hydrogen-bond donors (Lipinski definition) is 3. The minimum Gasteiger partial charge on any atom is -0.481 e. The van der Waals surface area contributed by atoms with Gasteiger partial charge in [-0.3, -0.25) is 9.59 Å². The maximum absolute atomic E-state index is 13.3. The second-order valence-electron chi connectivity index (χ2n) is 11.0. The van der Waals surface area contributed by atoms with Gasteiger partial charge in [0.25, 0.3) is 5.91 Å². The van der Waals surface area contributed by atoms with Crippen LogP contribution in [-0.4, -0.2) is 50.1 Å². The largest absolute Gasteiger partial charge is 0.481 e. The lowest BCUT2D eigenvalue weighted by Crippen LogP contribution is -2.61. The van der Waals surface area contributed by atoms with Gasteiger partial charge in [-0.05, 0) is 75.7 Å². The number of rotatable bonds is 8. The number of aliphatic hydroxyl groups is 1. The minimum atomic E-state index is -1.08. The average Bonchev–Trinajstić information content (AvgIpc) is 3.09. The van der Waals surface area contributed by atoms with E-state index in [0.717, 1.165) is 32.1 Å². The number of amides is 1. The highest BCUT2D eigenvalue weighted by atomic mass is 16.5. The molecule has 3 N–H and O–H groups in total. The molecule has 1 heterocycles. The molecule has 5 rings (SSSR count). The summed E-state index contributed by atoms with van der Waals surface area (Å²) in [5, 5.41) is 27.7. The van der Waals surface area contributed by atoms with E-state index in [9.17, 15) is 19.8 Å². The van der Waals surface area contributed by atoms with Gasteiger partial charge in [0, 0.05) is 12.2 Å². The van der Waals surface area contributed by atoms with E-state index in [2.05, 4.69) is 10.4 Å². The van der Waals surface area contributed by atoms with Crippen LogP contribution in [0.4, 0.5) is 0 Å². The predicted octanol–water partition coefficient (Wildman–Crippen LogP) is 3.17. The normalized spacial score (nSPS) is 31.4. The number of carboxylic acids is 1. The average molecular weight is 446 g/mol. The van der Waals surface area contributed by atoms with Gasteiger partial charge in [-0.1, -0.05) is 13.8 Å². The molecule has 4 bridgehead atoms. The molecule has 176 valence electrons. The van der Waals surface area contributed by atoms with Crippen molar-refractivity contribution in [1.29, 1.82) is 0 Å². The lowest BCUT2D eigenvalue weighted by Gasteiger charge is -2.58. The summed E-state index contributed by atoms with van der Waals surface area (Å²) in [4.78, 5) is 24.7. The summed E-state index contributed by atoms with van der Waals surface area (Å²) in [5.74, 6) is 0.566. The molecule has 1 amide bonds. The lowest BCUT2D eigenvalue weighted by molar-refractivity contribution is -0.144. The topological polar surface area (TPSA) is 114 Å². The molecule has 0 aromatic carbocycles. The van der Waals surface area contributed by atoms with Gasteiger partial charge >= 0.3 is 5.97 Å². The van der Waals surface area contributed by atoms with Crippen LogP contribution in [-0.2, 0) is 4.79 Å². The molecule has 2 atom stereocenters. The van der Waals surface area contributed by atoms with Gasteiger partial charge in [0.2, 0.25) is 5.88 Å². The van der Waals surface area contributed by atoms with Crippen molar-refractivity contribution < 1.29 is 24.5 Å². The summed E-state index contributed by atoms with van der Waals surface area (Å²) >= 11 is 0. The van der Waals surface area contributed by atoms with Crippen molar-refractivity contribution in [3.8, 4) is 5.88 Å². The van der Waals surface area contributed by atoms with Gasteiger partial charge in [0.15, 0.2) is 0 Å². The number of nitrogens with zero attached hydrogens (tertiary/aromatic N) is 2. The Morgan fingerprint density at radius 3 is 2.53 bits per heavy atom. The van der Waals surface area contributed by atoms with Gasteiger partial charge < -0.3 is 20.3 Å². The lowest BCUT2D eigenvalue weighted by atomic mass is 9.52. The smallest absolute Gasteiger partial charge is 0.312 e. The zero-order chi connectivity index (χ0) is 23.3. The van der Waals surface area contributed by atoms with Crippen LogP contribution in [0.25, 0.3) is 6.20 Å². The van der Waals surface area contributed by atoms with E-state index in [-0.39, 0.29) is 17.9 Å². The van der Waals surface area contributed by atoms with E-state index in [4.69, 9.17) is 4.74 Å². The third-order valence-corrected chi connectivity index (χ3v) is 7.27. The van der Waals surface area contributed by atoms with Crippen molar-refractivity contribution in [2.45, 2.75) is 71.4 Å². The van der Waals surface area contributed by atoms with Crippen molar-refractivity contribution >= 4 is 18.1 Å². The summed E-state index contributed by atoms with van der Waals surface area (Å²) in [6.45, 7) is 7.63. The van der Waals surface area contributed by atoms with Gasteiger partial charge in [-0.2, -0.15) is 5.10 Å². The molecule has 32 heavy (non-hydrogen) atoms. The van der Waals surface area contributed by atoms with Crippen LogP contribution in [0.15, 0.2) is 12.3 Å². The SMILES string of the molecule is CC(C)COc1c(C(=O)NC2C3CC4CC2CC(O)(C4)C3)cnn1/C=C/C(C)(C)C(=O)O. The molecular weight excluding hydrogens is 410 g/mol. The van der Waals surface area contributed by atoms with Crippen LogP contribution in [0, 0.1) is 29.1 Å². The second kappa shape index (κ2) is 8.21. The van der Waals surface area contributed by atoms with Crippen LogP contribution in [0.1, 0.15) is 70.2 Å². The first-order valence-corrected chi connectivity index (χ1v) is 11.6. The number of carbonyl (C=O) groups is 2. The van der Waals surface area contributed by atoms with Gasteiger partial charge in [-0.25, -0.2) is 4.68 Å². The molecule has 0 saturated heterocycles. The zero-order valence-electron chi connectivity index (χ0n) is 19.4. The first-order valence-electron chi connectivity index (χ1n) is 11.6. The molecule has 0 spiro atoms. The van der Waals surface area contributed by atoms with Gasteiger partial charge in [0.1, 0.15) is 5.56 Å². The molecule has 1 aromatic rings. The Kier molecular flexibility index (Phi) is 5.86. The van der Waals surface area contributed by atoms with Crippen molar-refractivity contribution in [3.63, 3.8) is 0 Å². The number of hydrogen-bond acceptors (Lipinski definition) is 5. The standard InChI is InChI=1S/C24H35N3O5/c1-14(2)13-32-21-18(12-25-27(21)6-5-23(3,4)22(29)30)20(28)26-19-16-7-15-8-17(19)11-24(31,9-15)10-16/h5-6,12,14-17,19,31H,7-11,13H2,1-4H3,(H,26,28)(H,29,30)/b6-5+. The molecule has 8 nitrogen and oxygen atoms in total. The third-order valence-electron chi connectivity index (χ3n) is 7.27. The Morgan fingerprint density at radius 2 is 1.97 bits per heavy atom. The van der Waals surface area contributed by atoms with E-state index in [0.29, 0.717) is 35.8 Å². The van der Waals surface area contributed by atoms with Crippen molar-refractivity contribution in [2.24, 2.45) is 29.1 Å². The Balaban J connectivity index is 1.54. The molecule has 1 aromatic heterocycles. The van der Waals surface area contributed by atoms with Crippen LogP contribution in [0.3, 0.4) is 0 Å². The summed E-state index contributed by atoms with van der Waals surface area (Å²) in [6.07, 6.45) is 9.09. The monoisotopic (exact) mass is 445 g/mol. The van der Waals surface area contributed by atoms with Crippen LogP contribution in [0.5, 0.6) is 5.88 Å². The van der Waals surface area contributed by atoms with E-state index in [1.54, 1.807) is 20.0 Å². The highest BCUT2D eigenvalue weighted by Crippen LogP contribution is 2.55. The summed E-state index contributed by atoms with van der Waals surface area (Å²) < 4.78 is 7.37. The fourth-order valence-electron chi connectivity index (χ4n) is 5.78. The first kappa shape index (κ1) is 22.8. The highest BCUT2D eigenvalue weighted by molar-refractivity contribution is 5.96. The molecule has 4 fully saturated rings. The van der Waals surface area contributed by atoms with Crippen LogP contribution in [0.2, 0.25) is 0 Å². The maximum atomic E-state index is 13.3. The van der Waals surface area contributed by atoms with Crippen molar-refractivity contribution in [3.05, 3.63) is 17.8 Å². The van der Waals surface area contributed by atoms with E-state index < -0.39 is 17.0 Å². The van der Waals surface area contributed by atoms with E-state index in [1.807, 2.05) is 13.8 Å². The fraction of sp³-hybridized carbons (Fsp3) is 0.708.